The second-order valence-electron chi connectivity index (χ2n) is 4.12. The molecule has 8 nitrogen and oxygen atoms in total. The average Bonchev–Trinajstić information content (AvgIpc) is 2.94. The molecule has 0 radical (unpaired) electrons. The zero-order valence-electron chi connectivity index (χ0n) is 11.5. The highest BCUT2D eigenvalue weighted by Gasteiger charge is 2.12. The first-order valence-electron chi connectivity index (χ1n) is 6.17. The third-order valence-electron chi connectivity index (χ3n) is 2.73. The molecule has 0 amide bonds. The van der Waals surface area contributed by atoms with E-state index in [1.54, 1.807) is 17.1 Å². The third-order valence-corrected chi connectivity index (χ3v) is 3.09. The van der Waals surface area contributed by atoms with Crippen molar-refractivity contribution in [3.63, 3.8) is 0 Å². The highest BCUT2D eigenvalue weighted by atomic mass is 35.5. The van der Waals surface area contributed by atoms with Gasteiger partial charge in [0, 0.05) is 12.7 Å². The Balaban J connectivity index is 2.24. The van der Waals surface area contributed by atoms with Crippen molar-refractivity contribution in [3.8, 4) is 0 Å². The first-order chi connectivity index (χ1) is 10.0. The number of halogens is 1. The van der Waals surface area contributed by atoms with E-state index in [-0.39, 0.29) is 11.6 Å². The van der Waals surface area contributed by atoms with Crippen LogP contribution in [0.4, 0.5) is 11.4 Å². The molecule has 0 aliphatic rings. The number of ether oxygens (including phenoxy) is 1. The average molecular weight is 312 g/mol. The molecular formula is C12H14ClN5O3. The highest BCUT2D eigenvalue weighted by molar-refractivity contribution is 6.33. The zero-order chi connectivity index (χ0) is 15.4. The first kappa shape index (κ1) is 15.0. The maximum atomic E-state index is 12.0. The van der Waals surface area contributed by atoms with Gasteiger partial charge in [0.15, 0.2) is 0 Å². The lowest BCUT2D eigenvalue weighted by atomic mass is 10.4. The number of hydrogen-bond donors (Lipinski definition) is 1. The molecular weight excluding hydrogens is 298 g/mol. The molecule has 0 atom stereocenters. The number of esters is 1. The minimum atomic E-state index is -0.578. The number of rotatable bonds is 5. The number of carbonyl (C=O) groups excluding carboxylic acids is 1. The summed E-state index contributed by atoms with van der Waals surface area (Å²) in [6, 6.07) is 0. The van der Waals surface area contributed by atoms with Gasteiger partial charge in [-0.2, -0.15) is 10.2 Å². The van der Waals surface area contributed by atoms with Crippen LogP contribution in [0.15, 0.2) is 23.4 Å². The summed E-state index contributed by atoms with van der Waals surface area (Å²) in [4.78, 5) is 23.2. The number of hydrogen-bond acceptors (Lipinski definition) is 6. The van der Waals surface area contributed by atoms with Crippen molar-refractivity contribution in [1.82, 2.24) is 19.6 Å². The van der Waals surface area contributed by atoms with Crippen LogP contribution < -0.4 is 10.9 Å². The summed E-state index contributed by atoms with van der Waals surface area (Å²) < 4.78 is 7.15. The first-order valence-corrected chi connectivity index (χ1v) is 6.54. The number of methoxy groups -OCH3 is 1. The fourth-order valence-electron chi connectivity index (χ4n) is 1.61. The van der Waals surface area contributed by atoms with Crippen molar-refractivity contribution in [2.45, 2.75) is 20.0 Å². The third kappa shape index (κ3) is 3.40. The molecule has 0 saturated heterocycles. The number of carbonyl (C=O) groups is 1. The Morgan fingerprint density at radius 3 is 2.81 bits per heavy atom. The van der Waals surface area contributed by atoms with Gasteiger partial charge in [-0.1, -0.05) is 11.6 Å². The summed E-state index contributed by atoms with van der Waals surface area (Å²) in [6.45, 7) is 2.40. The van der Waals surface area contributed by atoms with Crippen LogP contribution in [0.5, 0.6) is 0 Å². The molecule has 2 heterocycles. The summed E-state index contributed by atoms with van der Waals surface area (Å²) in [5.74, 6) is -0.578. The Morgan fingerprint density at radius 1 is 1.43 bits per heavy atom. The summed E-state index contributed by atoms with van der Waals surface area (Å²) in [5, 5.41) is 10.9. The van der Waals surface area contributed by atoms with Gasteiger partial charge in [-0.15, -0.1) is 0 Å². The Kier molecular flexibility index (Phi) is 4.59. The standard InChI is InChI=1S/C12H14ClN5O3/c1-3-17-6-8(4-14-17)16-9-5-15-18(7-10(19)21-2)12(20)11(9)13/h4-6,16H,3,7H2,1-2H3. The lowest BCUT2D eigenvalue weighted by Gasteiger charge is -2.08. The van der Waals surface area contributed by atoms with Gasteiger partial charge < -0.3 is 10.1 Å². The van der Waals surface area contributed by atoms with Crippen LogP contribution in [-0.4, -0.2) is 32.6 Å². The molecule has 0 aliphatic carbocycles. The summed E-state index contributed by atoms with van der Waals surface area (Å²) >= 11 is 6.00. The minimum Gasteiger partial charge on any atom is -0.468 e. The van der Waals surface area contributed by atoms with Gasteiger partial charge in [-0.25, -0.2) is 4.68 Å². The van der Waals surface area contributed by atoms with Crippen molar-refractivity contribution in [2.24, 2.45) is 0 Å². The largest absolute Gasteiger partial charge is 0.468 e. The van der Waals surface area contributed by atoms with E-state index in [1.165, 1.54) is 13.3 Å². The second-order valence-corrected chi connectivity index (χ2v) is 4.50. The van der Waals surface area contributed by atoms with Crippen LogP contribution in [0.2, 0.25) is 5.02 Å². The Labute approximate surface area is 125 Å². The van der Waals surface area contributed by atoms with Crippen molar-refractivity contribution in [1.29, 1.82) is 0 Å². The van der Waals surface area contributed by atoms with Gasteiger partial charge in [-0.3, -0.25) is 14.3 Å². The summed E-state index contributed by atoms with van der Waals surface area (Å²) in [6.07, 6.45) is 4.76. The fourth-order valence-corrected chi connectivity index (χ4v) is 1.80. The van der Waals surface area contributed by atoms with E-state index >= 15 is 0 Å². The van der Waals surface area contributed by atoms with E-state index < -0.39 is 11.5 Å². The molecule has 1 N–H and O–H groups in total. The Bertz CT molecular complexity index is 709. The van der Waals surface area contributed by atoms with Gasteiger partial charge in [0.1, 0.15) is 11.6 Å². The fraction of sp³-hybridized carbons (Fsp3) is 0.333. The Morgan fingerprint density at radius 2 is 2.19 bits per heavy atom. The molecule has 0 unspecified atom stereocenters. The van der Waals surface area contributed by atoms with E-state index in [9.17, 15) is 9.59 Å². The molecule has 21 heavy (non-hydrogen) atoms. The SMILES string of the molecule is CCn1cc(Nc2cnn(CC(=O)OC)c(=O)c2Cl)cn1. The molecule has 2 aromatic rings. The van der Waals surface area contributed by atoms with Gasteiger partial charge in [0.2, 0.25) is 0 Å². The summed E-state index contributed by atoms with van der Waals surface area (Å²) in [5.41, 5.74) is 0.457. The van der Waals surface area contributed by atoms with Gasteiger partial charge >= 0.3 is 5.97 Å². The van der Waals surface area contributed by atoms with Crippen LogP contribution in [0.3, 0.4) is 0 Å². The van der Waals surface area contributed by atoms with Crippen molar-refractivity contribution >= 4 is 28.9 Å². The second kappa shape index (κ2) is 6.40. The van der Waals surface area contributed by atoms with E-state index in [0.717, 1.165) is 11.2 Å². The van der Waals surface area contributed by atoms with Gasteiger partial charge in [0.05, 0.1) is 30.9 Å². The maximum Gasteiger partial charge on any atom is 0.327 e. The lowest BCUT2D eigenvalue weighted by Crippen LogP contribution is -2.27. The molecule has 2 aromatic heterocycles. The molecule has 9 heteroatoms. The molecule has 0 aromatic carbocycles. The minimum absolute atomic E-state index is 0.0573. The van der Waals surface area contributed by atoms with Crippen LogP contribution in [0, 0.1) is 0 Å². The van der Waals surface area contributed by atoms with E-state index in [4.69, 9.17) is 11.6 Å². The molecule has 0 fully saturated rings. The van der Waals surface area contributed by atoms with Crippen molar-refractivity contribution in [2.75, 3.05) is 12.4 Å². The number of nitrogens with one attached hydrogen (secondary N) is 1. The summed E-state index contributed by atoms with van der Waals surface area (Å²) in [7, 11) is 1.23. The van der Waals surface area contributed by atoms with E-state index in [2.05, 4.69) is 20.3 Å². The monoisotopic (exact) mass is 311 g/mol. The van der Waals surface area contributed by atoms with Gasteiger partial charge in [0.25, 0.3) is 5.56 Å². The lowest BCUT2D eigenvalue weighted by molar-refractivity contribution is -0.141. The van der Waals surface area contributed by atoms with Crippen LogP contribution >= 0.6 is 11.6 Å². The number of aryl methyl sites for hydroxylation is 1. The van der Waals surface area contributed by atoms with Gasteiger partial charge in [-0.05, 0) is 6.92 Å². The molecule has 0 spiro atoms. The molecule has 2 rings (SSSR count). The molecule has 112 valence electrons. The molecule has 0 saturated carbocycles. The van der Waals surface area contributed by atoms with E-state index in [0.29, 0.717) is 11.4 Å². The number of nitrogens with zero attached hydrogens (tertiary/aromatic N) is 4. The van der Waals surface area contributed by atoms with Crippen molar-refractivity contribution in [3.05, 3.63) is 34.0 Å². The highest BCUT2D eigenvalue weighted by Crippen LogP contribution is 2.20. The van der Waals surface area contributed by atoms with E-state index in [1.807, 2.05) is 6.92 Å². The predicted molar refractivity (Wildman–Crippen MR) is 76.7 cm³/mol. The van der Waals surface area contributed by atoms with Crippen LogP contribution in [-0.2, 0) is 22.6 Å². The maximum absolute atomic E-state index is 12.0. The normalized spacial score (nSPS) is 10.4. The molecule has 0 aliphatic heterocycles. The smallest absolute Gasteiger partial charge is 0.327 e. The topological polar surface area (TPSA) is 91.0 Å². The molecule has 0 bridgehead atoms. The van der Waals surface area contributed by atoms with Crippen LogP contribution in [0.1, 0.15) is 6.92 Å². The van der Waals surface area contributed by atoms with Crippen LogP contribution in [0.25, 0.3) is 0 Å². The quantitative estimate of drug-likeness (QED) is 0.829. The zero-order valence-corrected chi connectivity index (χ0v) is 12.3. The predicted octanol–water partition coefficient (Wildman–Crippen LogP) is 1.03. The number of aromatic nitrogens is 4. The van der Waals surface area contributed by atoms with Crippen molar-refractivity contribution < 1.29 is 9.53 Å². The Hall–Kier alpha value is -2.35. The number of anilines is 2.